The Labute approximate surface area is 302 Å². The normalized spacial score (nSPS) is 12.7. The van der Waals surface area contributed by atoms with Gasteiger partial charge < -0.3 is 41.6 Å². The molecule has 3 aromatic carbocycles. The van der Waals surface area contributed by atoms with Gasteiger partial charge in [0.05, 0.1) is 31.9 Å². The van der Waals surface area contributed by atoms with Crippen LogP contribution >= 0.6 is 0 Å². The molecule has 0 aromatic heterocycles. The maximum absolute atomic E-state index is 13.4. The number of ether oxygens (including phenoxy) is 2. The van der Waals surface area contributed by atoms with Crippen molar-refractivity contribution in [2.75, 3.05) is 25.1 Å². The van der Waals surface area contributed by atoms with Gasteiger partial charge in [0.25, 0.3) is 5.91 Å². The van der Waals surface area contributed by atoms with Crippen molar-refractivity contribution in [3.05, 3.63) is 90.0 Å². The van der Waals surface area contributed by atoms with E-state index in [4.69, 9.17) is 15.2 Å². The Hall–Kier alpha value is -5.96. The second-order valence-electron chi connectivity index (χ2n) is 12.9. The Morgan fingerprint density at radius 2 is 1.37 bits per heavy atom. The van der Waals surface area contributed by atoms with Gasteiger partial charge in [-0.25, -0.2) is 9.69 Å². The van der Waals surface area contributed by atoms with E-state index in [0.717, 1.165) is 4.90 Å². The molecule has 0 saturated heterocycles. The number of methoxy groups -OCH3 is 1. The van der Waals surface area contributed by atoms with Crippen LogP contribution in [0.2, 0.25) is 0 Å². The van der Waals surface area contributed by atoms with Crippen LogP contribution in [-0.2, 0) is 41.6 Å². The van der Waals surface area contributed by atoms with Gasteiger partial charge in [0.2, 0.25) is 23.6 Å². The molecule has 0 aliphatic carbocycles. The topological polar surface area (TPSA) is 218 Å². The van der Waals surface area contributed by atoms with Gasteiger partial charge in [-0.15, -0.1) is 0 Å². The Morgan fingerprint density at radius 1 is 0.769 bits per heavy atom. The molecule has 15 heteroatoms. The number of hydrogen-bond acceptors (Lipinski definition) is 10. The number of phenolic OH excluding ortho intramolecular Hbond substituents is 1. The molecule has 3 aromatic rings. The number of nitrogens with zero attached hydrogens (tertiary/aromatic N) is 1. The molecule has 3 atom stereocenters. The lowest BCUT2D eigenvalue weighted by Gasteiger charge is -2.26. The van der Waals surface area contributed by atoms with E-state index in [1.165, 1.54) is 38.3 Å². The zero-order valence-electron chi connectivity index (χ0n) is 29.8. The molecule has 0 aliphatic heterocycles. The Bertz CT molecular complexity index is 1690. The summed E-state index contributed by atoms with van der Waals surface area (Å²) in [6.07, 6.45) is -0.744. The number of carbonyl (C=O) groups is 6. The van der Waals surface area contributed by atoms with Gasteiger partial charge in [-0.1, -0.05) is 42.5 Å². The summed E-state index contributed by atoms with van der Waals surface area (Å²) in [5, 5.41) is 19.4. The van der Waals surface area contributed by atoms with Gasteiger partial charge in [-0.3, -0.25) is 24.0 Å². The number of anilines is 1. The second-order valence-corrected chi connectivity index (χ2v) is 12.9. The summed E-state index contributed by atoms with van der Waals surface area (Å²) in [6, 6.07) is 17.9. The zero-order chi connectivity index (χ0) is 38.4. The van der Waals surface area contributed by atoms with Crippen LogP contribution in [0.4, 0.5) is 10.5 Å². The van der Waals surface area contributed by atoms with Crippen LogP contribution in [0.15, 0.2) is 78.9 Å². The third-order valence-electron chi connectivity index (χ3n) is 7.41. The number of nitrogens with one attached hydrogen (secondary N) is 4. The first-order valence-electron chi connectivity index (χ1n) is 16.5. The highest BCUT2D eigenvalue weighted by Gasteiger charge is 2.30. The summed E-state index contributed by atoms with van der Waals surface area (Å²) in [4.78, 5) is 78.9. The number of carbonyl (C=O) groups excluding carboxylic acids is 6. The smallest absolute Gasteiger partial charge is 0.421 e. The van der Waals surface area contributed by atoms with Crippen molar-refractivity contribution in [1.82, 2.24) is 21.3 Å². The quantitative estimate of drug-likeness (QED) is 0.134. The molecule has 0 heterocycles. The molecule has 0 aliphatic rings. The summed E-state index contributed by atoms with van der Waals surface area (Å²) in [5.74, 6) is -2.93. The first-order valence-corrected chi connectivity index (χ1v) is 16.5. The highest BCUT2D eigenvalue weighted by molar-refractivity contribution is 6.13. The number of amides is 6. The first kappa shape index (κ1) is 40.5. The zero-order valence-corrected chi connectivity index (χ0v) is 29.8. The van der Waals surface area contributed by atoms with E-state index in [-0.39, 0.29) is 24.3 Å². The number of aromatic hydroxyl groups is 1. The molecule has 0 saturated carbocycles. The molecule has 6 amide bonds. The van der Waals surface area contributed by atoms with E-state index < -0.39 is 72.4 Å². The van der Waals surface area contributed by atoms with Gasteiger partial charge in [-0.2, -0.15) is 0 Å². The summed E-state index contributed by atoms with van der Waals surface area (Å²) >= 11 is 0. The van der Waals surface area contributed by atoms with Crippen LogP contribution in [0.1, 0.15) is 38.8 Å². The van der Waals surface area contributed by atoms with E-state index >= 15 is 0 Å². The van der Waals surface area contributed by atoms with Gasteiger partial charge in [0.1, 0.15) is 29.2 Å². The van der Waals surface area contributed by atoms with Crippen LogP contribution in [-0.4, -0.2) is 84.7 Å². The Kier molecular flexibility index (Phi) is 14.7. The molecule has 0 fully saturated rings. The molecular formula is C37H46N6O9. The third kappa shape index (κ3) is 13.1. The molecule has 0 radical (unpaired) electrons. The fraction of sp³-hybridized carbons (Fsp3) is 0.351. The van der Waals surface area contributed by atoms with Crippen molar-refractivity contribution in [1.29, 1.82) is 0 Å². The number of hydrogen-bond donors (Lipinski definition) is 6. The van der Waals surface area contributed by atoms with Crippen molar-refractivity contribution in [2.24, 2.45) is 5.73 Å². The molecular weight excluding hydrogens is 672 g/mol. The first-order chi connectivity index (χ1) is 24.6. The number of phenols is 1. The molecule has 0 unspecified atom stereocenters. The number of rotatable bonds is 15. The summed E-state index contributed by atoms with van der Waals surface area (Å²) in [7, 11) is 1.47. The summed E-state index contributed by atoms with van der Waals surface area (Å²) < 4.78 is 10.6. The standard InChI is InChI=1S/C37H46N6O9/c1-23(41-34(48)29(38)19-25-11-15-27(44)16-12-25)33(47)39-21-31(45)42-30(20-24-9-7-6-8-10-24)35(49)40-22-32(46)43(36(50)52-37(2,3)4)26-13-17-28(51-5)18-14-26/h6-18,23,29-30,44H,19-22,38H2,1-5H3,(H,39,47)(H,40,49)(H,41,48)(H,42,45)/t23-,29+,30+/m1/s1. The number of imide groups is 1. The van der Waals surface area contributed by atoms with Crippen molar-refractivity contribution >= 4 is 41.3 Å². The number of benzene rings is 3. The highest BCUT2D eigenvalue weighted by Crippen LogP contribution is 2.22. The van der Waals surface area contributed by atoms with Gasteiger partial charge in [0.15, 0.2) is 0 Å². The Morgan fingerprint density at radius 3 is 1.96 bits per heavy atom. The van der Waals surface area contributed by atoms with Crippen LogP contribution in [0, 0.1) is 0 Å². The monoisotopic (exact) mass is 718 g/mol. The molecule has 0 spiro atoms. The predicted molar refractivity (Wildman–Crippen MR) is 192 cm³/mol. The van der Waals surface area contributed by atoms with E-state index in [1.54, 1.807) is 75.4 Å². The lowest BCUT2D eigenvalue weighted by Crippen LogP contribution is -2.54. The van der Waals surface area contributed by atoms with E-state index in [1.807, 2.05) is 0 Å². The average Bonchev–Trinajstić information content (AvgIpc) is 3.10. The molecule has 3 rings (SSSR count). The van der Waals surface area contributed by atoms with Gasteiger partial charge >= 0.3 is 6.09 Å². The van der Waals surface area contributed by atoms with Crippen LogP contribution in [0.5, 0.6) is 11.5 Å². The fourth-order valence-electron chi connectivity index (χ4n) is 4.74. The molecule has 278 valence electrons. The van der Waals surface area contributed by atoms with Crippen LogP contribution in [0.25, 0.3) is 0 Å². The minimum absolute atomic E-state index is 0.0419. The lowest BCUT2D eigenvalue weighted by molar-refractivity contribution is -0.131. The van der Waals surface area contributed by atoms with Crippen molar-refractivity contribution in [3.8, 4) is 11.5 Å². The summed E-state index contributed by atoms with van der Waals surface area (Å²) in [5.41, 5.74) is 6.66. The maximum atomic E-state index is 13.4. The fourth-order valence-corrected chi connectivity index (χ4v) is 4.74. The minimum atomic E-state index is -1.18. The van der Waals surface area contributed by atoms with Crippen molar-refractivity contribution in [2.45, 2.75) is 64.3 Å². The third-order valence-corrected chi connectivity index (χ3v) is 7.41. The van der Waals surface area contributed by atoms with Crippen molar-refractivity contribution < 1.29 is 43.3 Å². The number of nitrogens with two attached hydrogens (primary N) is 1. The molecule has 15 nitrogen and oxygen atoms in total. The second kappa shape index (κ2) is 18.9. The highest BCUT2D eigenvalue weighted by atomic mass is 16.6. The molecule has 0 bridgehead atoms. The van der Waals surface area contributed by atoms with Crippen LogP contribution in [0.3, 0.4) is 0 Å². The summed E-state index contributed by atoms with van der Waals surface area (Å²) in [6.45, 7) is 5.23. The molecule has 7 N–H and O–H groups in total. The minimum Gasteiger partial charge on any atom is -0.508 e. The van der Waals surface area contributed by atoms with Crippen molar-refractivity contribution in [3.63, 3.8) is 0 Å². The SMILES string of the molecule is COc1ccc(N(C(=O)CNC(=O)[C@H](Cc2ccccc2)NC(=O)CNC(=O)[C@@H](C)NC(=O)[C@@H](N)Cc2ccc(O)cc2)C(=O)OC(C)(C)C)cc1. The van der Waals surface area contributed by atoms with E-state index in [2.05, 4.69) is 21.3 Å². The Balaban J connectivity index is 1.62. The van der Waals surface area contributed by atoms with Gasteiger partial charge in [0, 0.05) is 6.42 Å². The maximum Gasteiger partial charge on any atom is 0.421 e. The van der Waals surface area contributed by atoms with E-state index in [0.29, 0.717) is 16.9 Å². The lowest BCUT2D eigenvalue weighted by atomic mass is 10.1. The average molecular weight is 719 g/mol. The molecule has 52 heavy (non-hydrogen) atoms. The van der Waals surface area contributed by atoms with E-state index in [9.17, 15) is 33.9 Å². The van der Waals surface area contributed by atoms with Crippen LogP contribution < -0.4 is 36.6 Å². The van der Waals surface area contributed by atoms with Gasteiger partial charge in [-0.05, 0) is 81.6 Å². The predicted octanol–water partition coefficient (Wildman–Crippen LogP) is 1.70. The largest absolute Gasteiger partial charge is 0.508 e.